The summed E-state index contributed by atoms with van der Waals surface area (Å²) in [7, 11) is 0. The molecule has 1 unspecified atom stereocenters. The van der Waals surface area contributed by atoms with Gasteiger partial charge in [-0.05, 0) is 33.1 Å². The SMILES string of the molecule is Cc1nn(C(C)C)c(C(CC(C)C)C(=O)O)c1[N+](=O)[O-]. The van der Waals surface area contributed by atoms with E-state index in [1.54, 1.807) is 0 Å². The molecule has 0 spiro atoms. The second-order valence-electron chi connectivity index (χ2n) is 5.64. The molecule has 0 aliphatic carbocycles. The fraction of sp³-hybridized carbons (Fsp3) is 0.692. The van der Waals surface area contributed by atoms with Crippen LogP contribution in [0.15, 0.2) is 0 Å². The molecule has 1 rings (SSSR count). The van der Waals surface area contributed by atoms with Crippen molar-refractivity contribution < 1.29 is 14.8 Å². The van der Waals surface area contributed by atoms with E-state index in [-0.39, 0.29) is 29.0 Å². The maximum absolute atomic E-state index is 11.5. The summed E-state index contributed by atoms with van der Waals surface area (Å²) >= 11 is 0. The van der Waals surface area contributed by atoms with Gasteiger partial charge in [0.2, 0.25) is 0 Å². The number of carbonyl (C=O) groups is 1. The highest BCUT2D eigenvalue weighted by atomic mass is 16.6. The van der Waals surface area contributed by atoms with Crippen LogP contribution in [0.1, 0.15) is 57.5 Å². The first kappa shape index (κ1) is 16.1. The van der Waals surface area contributed by atoms with Gasteiger partial charge in [0, 0.05) is 6.04 Å². The molecule has 0 fully saturated rings. The molecule has 1 heterocycles. The van der Waals surface area contributed by atoms with Gasteiger partial charge in [-0.2, -0.15) is 5.10 Å². The summed E-state index contributed by atoms with van der Waals surface area (Å²) in [4.78, 5) is 22.2. The van der Waals surface area contributed by atoms with E-state index in [1.807, 2.05) is 27.7 Å². The molecule has 1 aromatic heterocycles. The Morgan fingerprint density at radius 1 is 1.40 bits per heavy atom. The molecule has 20 heavy (non-hydrogen) atoms. The number of carboxylic acid groups (broad SMARTS) is 1. The lowest BCUT2D eigenvalue weighted by Crippen LogP contribution is -2.20. The Bertz CT molecular complexity index is 520. The minimum Gasteiger partial charge on any atom is -0.481 e. The zero-order valence-corrected chi connectivity index (χ0v) is 12.5. The van der Waals surface area contributed by atoms with E-state index in [4.69, 9.17) is 0 Å². The number of aliphatic carboxylic acids is 1. The van der Waals surface area contributed by atoms with Crippen LogP contribution in [0, 0.1) is 23.0 Å². The van der Waals surface area contributed by atoms with Gasteiger partial charge < -0.3 is 5.11 Å². The lowest BCUT2D eigenvalue weighted by molar-refractivity contribution is -0.386. The van der Waals surface area contributed by atoms with Crippen LogP contribution in [0.2, 0.25) is 0 Å². The van der Waals surface area contributed by atoms with Crippen molar-refractivity contribution in [2.75, 3.05) is 0 Å². The van der Waals surface area contributed by atoms with Gasteiger partial charge in [-0.15, -0.1) is 0 Å². The van der Waals surface area contributed by atoms with Crippen LogP contribution in [-0.4, -0.2) is 25.8 Å². The van der Waals surface area contributed by atoms with E-state index in [0.717, 1.165) is 0 Å². The first-order valence-corrected chi connectivity index (χ1v) is 6.63. The second-order valence-corrected chi connectivity index (χ2v) is 5.64. The van der Waals surface area contributed by atoms with Gasteiger partial charge in [-0.3, -0.25) is 19.6 Å². The zero-order valence-electron chi connectivity index (χ0n) is 12.5. The molecule has 0 aliphatic rings. The predicted molar refractivity (Wildman–Crippen MR) is 73.8 cm³/mol. The first-order chi connectivity index (χ1) is 9.16. The van der Waals surface area contributed by atoms with Gasteiger partial charge >= 0.3 is 11.7 Å². The lowest BCUT2D eigenvalue weighted by atomic mass is 9.93. The minimum atomic E-state index is -1.05. The largest absolute Gasteiger partial charge is 0.481 e. The van der Waals surface area contributed by atoms with Gasteiger partial charge in [0.15, 0.2) is 0 Å². The molecule has 0 saturated carbocycles. The van der Waals surface area contributed by atoms with Gasteiger partial charge in [0.25, 0.3) is 0 Å². The van der Waals surface area contributed by atoms with Crippen molar-refractivity contribution in [1.29, 1.82) is 0 Å². The van der Waals surface area contributed by atoms with Crippen LogP contribution < -0.4 is 0 Å². The Hall–Kier alpha value is -1.92. The maximum atomic E-state index is 11.5. The molecular weight excluding hydrogens is 262 g/mol. The number of hydrogen-bond acceptors (Lipinski definition) is 4. The highest BCUT2D eigenvalue weighted by Crippen LogP contribution is 2.35. The van der Waals surface area contributed by atoms with E-state index in [2.05, 4.69) is 5.10 Å². The highest BCUT2D eigenvalue weighted by Gasteiger charge is 2.36. The molecule has 112 valence electrons. The number of aryl methyl sites for hydroxylation is 1. The fourth-order valence-electron chi connectivity index (χ4n) is 2.30. The minimum absolute atomic E-state index is 0.117. The first-order valence-electron chi connectivity index (χ1n) is 6.63. The quantitative estimate of drug-likeness (QED) is 0.639. The van der Waals surface area contributed by atoms with E-state index in [1.165, 1.54) is 11.6 Å². The molecule has 1 N–H and O–H groups in total. The van der Waals surface area contributed by atoms with Crippen LogP contribution in [0.4, 0.5) is 5.69 Å². The molecule has 0 amide bonds. The summed E-state index contributed by atoms with van der Waals surface area (Å²) < 4.78 is 1.47. The van der Waals surface area contributed by atoms with E-state index >= 15 is 0 Å². The van der Waals surface area contributed by atoms with Crippen molar-refractivity contribution in [3.8, 4) is 0 Å². The number of rotatable bonds is 6. The maximum Gasteiger partial charge on any atom is 0.313 e. The van der Waals surface area contributed by atoms with E-state index in [9.17, 15) is 20.0 Å². The molecule has 0 radical (unpaired) electrons. The number of nitrogens with zero attached hydrogens (tertiary/aromatic N) is 3. The van der Waals surface area contributed by atoms with Gasteiger partial charge in [0.05, 0.1) is 4.92 Å². The standard InChI is InChI=1S/C13H21N3O4/c1-7(2)6-10(13(17)18)12-11(16(19)20)9(5)14-15(12)8(3)4/h7-8,10H,6H2,1-5H3,(H,17,18). The van der Waals surface area contributed by atoms with Gasteiger partial charge in [-0.1, -0.05) is 13.8 Å². The van der Waals surface area contributed by atoms with Crippen molar-refractivity contribution in [1.82, 2.24) is 9.78 Å². The third kappa shape index (κ3) is 3.15. The highest BCUT2D eigenvalue weighted by molar-refractivity contribution is 5.77. The van der Waals surface area contributed by atoms with Crippen LogP contribution in [0.25, 0.3) is 0 Å². The van der Waals surface area contributed by atoms with Crippen molar-refractivity contribution in [3.05, 3.63) is 21.5 Å². The van der Waals surface area contributed by atoms with Gasteiger partial charge in [0.1, 0.15) is 17.3 Å². The average Bonchev–Trinajstić information content (AvgIpc) is 2.62. The van der Waals surface area contributed by atoms with Crippen LogP contribution in [0.5, 0.6) is 0 Å². The Kier molecular flexibility index (Phi) is 4.86. The van der Waals surface area contributed by atoms with Crippen LogP contribution in [0.3, 0.4) is 0 Å². The summed E-state index contributed by atoms with van der Waals surface area (Å²) in [6.07, 6.45) is 0.341. The molecule has 0 bridgehead atoms. The predicted octanol–water partition coefficient (Wildman–Crippen LogP) is 2.89. The molecule has 7 heteroatoms. The molecule has 1 aromatic rings. The smallest absolute Gasteiger partial charge is 0.313 e. The van der Waals surface area contributed by atoms with Gasteiger partial charge in [-0.25, -0.2) is 0 Å². The van der Waals surface area contributed by atoms with Crippen LogP contribution >= 0.6 is 0 Å². The Morgan fingerprint density at radius 3 is 2.30 bits per heavy atom. The summed E-state index contributed by atoms with van der Waals surface area (Å²) in [5, 5.41) is 24.8. The summed E-state index contributed by atoms with van der Waals surface area (Å²) in [5.74, 6) is -1.85. The molecule has 0 aliphatic heterocycles. The molecule has 0 aromatic carbocycles. The Balaban J connectivity index is 3.51. The Morgan fingerprint density at radius 2 is 1.95 bits per heavy atom. The number of hydrogen-bond donors (Lipinski definition) is 1. The molecule has 7 nitrogen and oxygen atoms in total. The average molecular weight is 283 g/mol. The van der Waals surface area contributed by atoms with E-state index in [0.29, 0.717) is 6.42 Å². The van der Waals surface area contributed by atoms with Crippen LogP contribution in [-0.2, 0) is 4.79 Å². The third-order valence-electron chi connectivity index (χ3n) is 3.10. The zero-order chi connectivity index (χ0) is 15.6. The fourth-order valence-corrected chi connectivity index (χ4v) is 2.30. The second kappa shape index (κ2) is 6.02. The Labute approximate surface area is 117 Å². The number of aromatic nitrogens is 2. The normalized spacial score (nSPS) is 12.9. The molecule has 1 atom stereocenters. The van der Waals surface area contributed by atoms with Crippen molar-refractivity contribution >= 4 is 11.7 Å². The van der Waals surface area contributed by atoms with E-state index < -0.39 is 16.8 Å². The van der Waals surface area contributed by atoms with Crippen molar-refractivity contribution in [2.45, 2.75) is 53.0 Å². The van der Waals surface area contributed by atoms with Crippen molar-refractivity contribution in [3.63, 3.8) is 0 Å². The lowest BCUT2D eigenvalue weighted by Gasteiger charge is -2.17. The summed E-state index contributed by atoms with van der Waals surface area (Å²) in [6.45, 7) is 8.98. The topological polar surface area (TPSA) is 98.3 Å². The third-order valence-corrected chi connectivity index (χ3v) is 3.10. The molecule has 0 saturated heterocycles. The van der Waals surface area contributed by atoms with Crippen molar-refractivity contribution in [2.24, 2.45) is 5.92 Å². The summed E-state index contributed by atoms with van der Waals surface area (Å²) in [5.41, 5.74) is 0.282. The monoisotopic (exact) mass is 283 g/mol. The summed E-state index contributed by atoms with van der Waals surface area (Å²) in [6, 6.07) is -0.133. The molecular formula is C13H21N3O4. The number of nitro groups is 1. The number of carboxylic acids is 1.